The summed E-state index contributed by atoms with van der Waals surface area (Å²) in [5.74, 6) is 0.719. The quantitative estimate of drug-likeness (QED) is 0.559. The summed E-state index contributed by atoms with van der Waals surface area (Å²) < 4.78 is 5.21. The van der Waals surface area contributed by atoms with E-state index in [2.05, 4.69) is 21.4 Å². The Morgan fingerprint density at radius 1 is 1.00 bits per heavy atom. The molecule has 0 spiro atoms. The molecule has 0 atom stereocenters. The van der Waals surface area contributed by atoms with Crippen LogP contribution >= 0.6 is 0 Å². The van der Waals surface area contributed by atoms with Gasteiger partial charge in [0.15, 0.2) is 0 Å². The van der Waals surface area contributed by atoms with Crippen LogP contribution in [0.15, 0.2) is 42.5 Å². The number of anilines is 2. The van der Waals surface area contributed by atoms with Gasteiger partial charge in [-0.25, -0.2) is 0 Å². The largest absolute Gasteiger partial charge is 0.497 e. The Labute approximate surface area is 126 Å². The monoisotopic (exact) mass is 294 g/mol. The number of aromatic nitrogens is 1. The number of carbonyl (C=O) groups excluding carboxylic acids is 1. The van der Waals surface area contributed by atoms with Crippen molar-refractivity contribution in [2.75, 3.05) is 18.0 Å². The highest BCUT2D eigenvalue weighted by Crippen LogP contribution is 2.27. The van der Waals surface area contributed by atoms with Crippen LogP contribution in [0.2, 0.25) is 0 Å². The molecule has 0 aliphatic carbocycles. The first-order chi connectivity index (χ1) is 10.7. The molecular weight excluding hydrogens is 280 g/mol. The average Bonchev–Trinajstić information content (AvgIpc) is 3.18. The molecule has 6 nitrogen and oxygen atoms in total. The van der Waals surface area contributed by atoms with Crippen molar-refractivity contribution in [2.45, 2.75) is 0 Å². The predicted octanol–water partition coefficient (Wildman–Crippen LogP) is 2.66. The lowest BCUT2D eigenvalue weighted by Crippen LogP contribution is -2.19. The fraction of sp³-hybridized carbons (Fsp3) is 0.0625. The molecule has 3 aromatic rings. The van der Waals surface area contributed by atoms with E-state index in [4.69, 9.17) is 4.74 Å². The number of ketones is 1. The van der Waals surface area contributed by atoms with Crippen molar-refractivity contribution in [3.8, 4) is 5.75 Å². The summed E-state index contributed by atoms with van der Waals surface area (Å²) >= 11 is 0. The number of fused-ring (bicyclic) bond motifs is 2. The molecule has 0 amide bonds. The Bertz CT molecular complexity index is 885. The smallest absolute Gasteiger partial charge is 0.209 e. The van der Waals surface area contributed by atoms with E-state index >= 15 is 0 Å². The van der Waals surface area contributed by atoms with Crippen molar-refractivity contribution in [2.24, 2.45) is 0 Å². The summed E-state index contributed by atoms with van der Waals surface area (Å²) in [4.78, 5) is 15.8. The molecular formula is C16H14N4O2. The molecule has 0 bridgehead atoms. The first kappa shape index (κ1) is 12.7. The SMILES string of the molecule is COc1ccc2[nH]c(C(=O)c3ccc4c(c3)NNN4)cc2c1. The van der Waals surface area contributed by atoms with E-state index in [0.29, 0.717) is 11.3 Å². The molecule has 1 aliphatic rings. The molecule has 110 valence electrons. The van der Waals surface area contributed by atoms with Crippen LogP contribution in [0, 0.1) is 0 Å². The van der Waals surface area contributed by atoms with Crippen LogP contribution in [0.3, 0.4) is 0 Å². The van der Waals surface area contributed by atoms with Crippen LogP contribution in [0.5, 0.6) is 5.75 Å². The zero-order valence-corrected chi connectivity index (χ0v) is 11.9. The molecule has 4 N–H and O–H groups in total. The standard InChI is InChI=1S/C16H14N4O2/c1-22-11-3-5-12-10(6-11)8-15(17-12)16(21)9-2-4-13-14(7-9)19-20-18-13/h2-8,17-20H,1H3. The summed E-state index contributed by atoms with van der Waals surface area (Å²) in [5, 5.41) is 0.949. The van der Waals surface area contributed by atoms with Crippen molar-refractivity contribution < 1.29 is 9.53 Å². The maximum atomic E-state index is 12.6. The molecule has 0 saturated heterocycles. The third kappa shape index (κ3) is 1.97. The molecule has 1 aromatic heterocycles. The minimum absolute atomic E-state index is 0.0494. The summed E-state index contributed by atoms with van der Waals surface area (Å²) in [6.45, 7) is 0. The van der Waals surface area contributed by atoms with Gasteiger partial charge in [0, 0.05) is 16.5 Å². The van der Waals surface area contributed by atoms with E-state index in [-0.39, 0.29) is 5.78 Å². The minimum atomic E-state index is -0.0494. The molecule has 22 heavy (non-hydrogen) atoms. The number of nitrogens with one attached hydrogen (secondary N) is 4. The van der Waals surface area contributed by atoms with Gasteiger partial charge in [-0.3, -0.25) is 4.79 Å². The zero-order valence-electron chi connectivity index (χ0n) is 11.9. The first-order valence-electron chi connectivity index (χ1n) is 6.87. The van der Waals surface area contributed by atoms with Gasteiger partial charge in [-0.2, -0.15) is 0 Å². The number of benzene rings is 2. The van der Waals surface area contributed by atoms with Crippen LogP contribution in [-0.2, 0) is 0 Å². The summed E-state index contributed by atoms with van der Waals surface area (Å²) in [6.07, 6.45) is 0. The topological polar surface area (TPSA) is 78.2 Å². The van der Waals surface area contributed by atoms with Crippen molar-refractivity contribution in [1.82, 2.24) is 10.5 Å². The van der Waals surface area contributed by atoms with E-state index in [1.807, 2.05) is 36.4 Å². The number of methoxy groups -OCH3 is 1. The van der Waals surface area contributed by atoms with Gasteiger partial charge < -0.3 is 20.6 Å². The van der Waals surface area contributed by atoms with Crippen molar-refractivity contribution >= 4 is 28.1 Å². The first-order valence-corrected chi connectivity index (χ1v) is 6.87. The number of hydrazine groups is 2. The van der Waals surface area contributed by atoms with Gasteiger partial charge >= 0.3 is 0 Å². The van der Waals surface area contributed by atoms with Crippen LogP contribution < -0.4 is 21.1 Å². The maximum absolute atomic E-state index is 12.6. The number of ether oxygens (including phenoxy) is 1. The van der Waals surface area contributed by atoms with Crippen LogP contribution in [0.4, 0.5) is 11.4 Å². The number of aromatic amines is 1. The molecule has 1 aliphatic heterocycles. The molecule has 2 aromatic carbocycles. The van der Waals surface area contributed by atoms with E-state index in [1.165, 1.54) is 0 Å². The van der Waals surface area contributed by atoms with Crippen LogP contribution in [0.25, 0.3) is 10.9 Å². The van der Waals surface area contributed by atoms with E-state index in [9.17, 15) is 4.79 Å². The number of carbonyl (C=O) groups is 1. The van der Waals surface area contributed by atoms with Gasteiger partial charge in [0.25, 0.3) is 0 Å². The highest BCUT2D eigenvalue weighted by Gasteiger charge is 2.16. The number of hydrogen-bond acceptors (Lipinski definition) is 5. The molecule has 0 radical (unpaired) electrons. The van der Waals surface area contributed by atoms with E-state index in [1.54, 1.807) is 13.2 Å². The highest BCUT2D eigenvalue weighted by atomic mass is 16.5. The molecule has 4 rings (SSSR count). The van der Waals surface area contributed by atoms with Crippen molar-refractivity contribution in [3.05, 3.63) is 53.7 Å². The second kappa shape index (κ2) is 4.78. The van der Waals surface area contributed by atoms with E-state index < -0.39 is 0 Å². The minimum Gasteiger partial charge on any atom is -0.497 e. The van der Waals surface area contributed by atoms with Gasteiger partial charge in [-0.1, -0.05) is 0 Å². The second-order valence-electron chi connectivity index (χ2n) is 5.10. The molecule has 0 saturated carbocycles. The van der Waals surface area contributed by atoms with Gasteiger partial charge in [0.1, 0.15) is 5.75 Å². The normalized spacial score (nSPS) is 12.6. The fourth-order valence-corrected chi connectivity index (χ4v) is 2.58. The Hall–Kier alpha value is -2.99. The van der Waals surface area contributed by atoms with Crippen LogP contribution in [-0.4, -0.2) is 17.9 Å². The Morgan fingerprint density at radius 2 is 1.86 bits per heavy atom. The van der Waals surface area contributed by atoms with Crippen LogP contribution in [0.1, 0.15) is 16.1 Å². The van der Waals surface area contributed by atoms with Crippen molar-refractivity contribution in [1.29, 1.82) is 0 Å². The Kier molecular flexibility index (Phi) is 2.77. The maximum Gasteiger partial charge on any atom is 0.209 e. The second-order valence-corrected chi connectivity index (χ2v) is 5.10. The summed E-state index contributed by atoms with van der Waals surface area (Å²) in [6, 6.07) is 13.0. The van der Waals surface area contributed by atoms with Gasteiger partial charge in [-0.15, -0.1) is 5.53 Å². The molecule has 0 fully saturated rings. The van der Waals surface area contributed by atoms with Crippen molar-refractivity contribution in [3.63, 3.8) is 0 Å². The third-order valence-electron chi connectivity index (χ3n) is 3.75. The molecule has 2 heterocycles. The Morgan fingerprint density at radius 3 is 2.73 bits per heavy atom. The number of hydrogen-bond donors (Lipinski definition) is 4. The average molecular weight is 294 g/mol. The third-order valence-corrected chi connectivity index (χ3v) is 3.75. The summed E-state index contributed by atoms with van der Waals surface area (Å²) in [7, 11) is 1.62. The fourth-order valence-electron chi connectivity index (χ4n) is 2.58. The lowest BCUT2D eigenvalue weighted by atomic mass is 10.1. The lowest BCUT2D eigenvalue weighted by Gasteiger charge is -2.01. The highest BCUT2D eigenvalue weighted by molar-refractivity contribution is 6.11. The van der Waals surface area contributed by atoms with Gasteiger partial charge in [0.05, 0.1) is 24.2 Å². The Balaban J connectivity index is 1.73. The lowest BCUT2D eigenvalue weighted by molar-refractivity contribution is 0.103. The van der Waals surface area contributed by atoms with Gasteiger partial charge in [-0.05, 0) is 42.5 Å². The zero-order chi connectivity index (χ0) is 15.1. The van der Waals surface area contributed by atoms with E-state index in [0.717, 1.165) is 28.0 Å². The predicted molar refractivity (Wildman–Crippen MR) is 85.1 cm³/mol. The number of H-pyrrole nitrogens is 1. The molecule has 0 unspecified atom stereocenters. The summed E-state index contributed by atoms with van der Waals surface area (Å²) in [5.41, 5.74) is 12.5. The van der Waals surface area contributed by atoms with Gasteiger partial charge in [0.2, 0.25) is 5.78 Å². The molecule has 6 heteroatoms. The number of rotatable bonds is 3.